The van der Waals surface area contributed by atoms with E-state index in [0.717, 1.165) is 25.7 Å². The first-order valence-electron chi connectivity index (χ1n) is 10.4. The van der Waals surface area contributed by atoms with Crippen LogP contribution >= 0.6 is 0 Å². The molecular formula is C22H26N2O6. The highest BCUT2D eigenvalue weighted by Gasteiger charge is 2.51. The molecule has 0 radical (unpaired) electrons. The van der Waals surface area contributed by atoms with E-state index in [1.54, 1.807) is 32.9 Å². The third-order valence-electron chi connectivity index (χ3n) is 5.90. The van der Waals surface area contributed by atoms with E-state index >= 15 is 0 Å². The van der Waals surface area contributed by atoms with Crippen molar-refractivity contribution in [3.8, 4) is 0 Å². The van der Waals surface area contributed by atoms with Crippen molar-refractivity contribution in [2.24, 2.45) is 5.92 Å². The van der Waals surface area contributed by atoms with Crippen LogP contribution in [-0.4, -0.2) is 51.5 Å². The predicted molar refractivity (Wildman–Crippen MR) is 105 cm³/mol. The molecule has 3 aliphatic rings. The van der Waals surface area contributed by atoms with Crippen molar-refractivity contribution in [1.82, 2.24) is 9.96 Å². The quantitative estimate of drug-likeness (QED) is 0.690. The van der Waals surface area contributed by atoms with Crippen LogP contribution in [0.15, 0.2) is 24.3 Å². The molecule has 8 heteroatoms. The van der Waals surface area contributed by atoms with Gasteiger partial charge in [0.15, 0.2) is 0 Å². The number of fused-ring (bicyclic) bond motifs is 2. The number of imide groups is 1. The van der Waals surface area contributed by atoms with Gasteiger partial charge < -0.3 is 9.57 Å². The molecule has 2 aliphatic heterocycles. The highest BCUT2D eigenvalue weighted by Crippen LogP contribution is 2.41. The summed E-state index contributed by atoms with van der Waals surface area (Å²) in [6.07, 6.45) is 3.60. The number of nitrogens with zero attached hydrogens (tertiary/aromatic N) is 2. The number of ether oxygens (including phenoxy) is 1. The highest BCUT2D eigenvalue weighted by molar-refractivity contribution is 6.20. The lowest BCUT2D eigenvalue weighted by molar-refractivity contribution is -0.174. The van der Waals surface area contributed by atoms with Gasteiger partial charge in [-0.05, 0) is 58.1 Å². The van der Waals surface area contributed by atoms with Crippen LogP contribution in [0.1, 0.15) is 73.6 Å². The molecule has 1 aromatic carbocycles. The Labute approximate surface area is 175 Å². The van der Waals surface area contributed by atoms with E-state index in [1.165, 1.54) is 17.0 Å². The molecule has 1 aromatic rings. The van der Waals surface area contributed by atoms with Gasteiger partial charge in [-0.1, -0.05) is 30.0 Å². The third kappa shape index (κ3) is 3.55. The standard InChI is InChI=1S/C22H26N2O6/c1-22(2,3)29-21(28)23-16-11-7-4-8-13(16)12-17(23)20(27)30-24-18(25)14-9-5-6-10-15(14)19(24)26/h5-6,9-10,13,16-17H,4,7-8,11-12H2,1-3H3/t13-,16-,17-/m0/s1. The Kier molecular flexibility index (Phi) is 5.03. The van der Waals surface area contributed by atoms with Crippen LogP contribution in [-0.2, 0) is 14.4 Å². The van der Waals surface area contributed by atoms with Crippen molar-refractivity contribution in [3.63, 3.8) is 0 Å². The first-order valence-corrected chi connectivity index (χ1v) is 10.4. The lowest BCUT2D eigenvalue weighted by Crippen LogP contribution is -2.50. The van der Waals surface area contributed by atoms with Crippen molar-refractivity contribution in [2.75, 3.05) is 0 Å². The zero-order chi connectivity index (χ0) is 21.6. The van der Waals surface area contributed by atoms with Gasteiger partial charge in [0, 0.05) is 6.04 Å². The second-order valence-corrected chi connectivity index (χ2v) is 9.11. The lowest BCUT2D eigenvalue weighted by Gasteiger charge is -2.34. The summed E-state index contributed by atoms with van der Waals surface area (Å²) in [4.78, 5) is 57.8. The second kappa shape index (κ2) is 7.41. The number of carbonyl (C=O) groups is 4. The van der Waals surface area contributed by atoms with E-state index < -0.39 is 35.5 Å². The second-order valence-electron chi connectivity index (χ2n) is 9.11. The smallest absolute Gasteiger partial charge is 0.411 e. The Bertz CT molecular complexity index is 870. The molecule has 0 unspecified atom stereocenters. The molecule has 4 rings (SSSR count). The van der Waals surface area contributed by atoms with E-state index in [0.29, 0.717) is 11.5 Å². The predicted octanol–water partition coefficient (Wildman–Crippen LogP) is 3.31. The van der Waals surface area contributed by atoms with Gasteiger partial charge in [0.25, 0.3) is 11.8 Å². The zero-order valence-electron chi connectivity index (χ0n) is 17.4. The molecule has 30 heavy (non-hydrogen) atoms. The van der Waals surface area contributed by atoms with Crippen molar-refractivity contribution < 1.29 is 28.8 Å². The molecule has 0 N–H and O–H groups in total. The highest BCUT2D eigenvalue weighted by atomic mass is 16.7. The Morgan fingerprint density at radius 2 is 1.60 bits per heavy atom. The monoisotopic (exact) mass is 414 g/mol. The van der Waals surface area contributed by atoms with Gasteiger partial charge in [0.1, 0.15) is 11.6 Å². The van der Waals surface area contributed by atoms with Crippen LogP contribution in [0.5, 0.6) is 0 Å². The minimum absolute atomic E-state index is 0.103. The summed E-state index contributed by atoms with van der Waals surface area (Å²) in [7, 11) is 0. The van der Waals surface area contributed by atoms with Crippen LogP contribution in [0.3, 0.4) is 0 Å². The van der Waals surface area contributed by atoms with Crippen LogP contribution in [0.2, 0.25) is 0 Å². The molecule has 1 aliphatic carbocycles. The topological polar surface area (TPSA) is 93.2 Å². The maximum absolute atomic E-state index is 13.0. The van der Waals surface area contributed by atoms with Gasteiger partial charge in [-0.25, -0.2) is 9.59 Å². The number of benzene rings is 1. The summed E-state index contributed by atoms with van der Waals surface area (Å²) in [5, 5.41) is 0.502. The molecule has 0 spiro atoms. The van der Waals surface area contributed by atoms with Gasteiger partial charge in [-0.3, -0.25) is 14.5 Å². The zero-order valence-corrected chi connectivity index (χ0v) is 17.4. The minimum Gasteiger partial charge on any atom is -0.444 e. The number of likely N-dealkylation sites (tertiary alicyclic amines) is 1. The Hall–Kier alpha value is -2.90. The van der Waals surface area contributed by atoms with Gasteiger partial charge >= 0.3 is 12.1 Å². The molecule has 160 valence electrons. The maximum atomic E-state index is 13.0. The largest absolute Gasteiger partial charge is 0.444 e. The average molecular weight is 414 g/mol. The van der Waals surface area contributed by atoms with E-state index in [9.17, 15) is 19.2 Å². The number of rotatable bonds is 2. The van der Waals surface area contributed by atoms with Gasteiger partial charge in [-0.15, -0.1) is 0 Å². The molecule has 3 amide bonds. The first-order chi connectivity index (χ1) is 14.2. The molecular weight excluding hydrogens is 388 g/mol. The number of hydroxylamine groups is 2. The van der Waals surface area contributed by atoms with Gasteiger partial charge in [-0.2, -0.15) is 0 Å². The molecule has 8 nitrogen and oxygen atoms in total. The molecule has 2 fully saturated rings. The summed E-state index contributed by atoms with van der Waals surface area (Å²) >= 11 is 0. The number of amides is 3. The molecule has 1 saturated heterocycles. The minimum atomic E-state index is -0.891. The molecule has 0 aromatic heterocycles. The van der Waals surface area contributed by atoms with E-state index in [-0.39, 0.29) is 23.1 Å². The fraction of sp³-hybridized carbons (Fsp3) is 0.545. The molecule has 2 heterocycles. The van der Waals surface area contributed by atoms with E-state index in [1.807, 2.05) is 0 Å². The van der Waals surface area contributed by atoms with Crippen molar-refractivity contribution in [3.05, 3.63) is 35.4 Å². The summed E-state index contributed by atoms with van der Waals surface area (Å²) < 4.78 is 5.55. The van der Waals surface area contributed by atoms with Crippen LogP contribution in [0.4, 0.5) is 4.79 Å². The lowest BCUT2D eigenvalue weighted by atomic mass is 9.85. The summed E-state index contributed by atoms with van der Waals surface area (Å²) in [6, 6.07) is 5.31. The molecule has 3 atom stereocenters. The number of carbonyl (C=O) groups excluding carboxylic acids is 4. The van der Waals surface area contributed by atoms with Crippen molar-refractivity contribution in [2.45, 2.75) is 70.6 Å². The number of hydrogen-bond donors (Lipinski definition) is 0. The Morgan fingerprint density at radius 3 is 2.20 bits per heavy atom. The van der Waals surface area contributed by atoms with Crippen LogP contribution < -0.4 is 0 Å². The van der Waals surface area contributed by atoms with Crippen molar-refractivity contribution >= 4 is 23.9 Å². The number of hydrogen-bond acceptors (Lipinski definition) is 6. The van der Waals surface area contributed by atoms with E-state index in [4.69, 9.17) is 9.57 Å². The fourth-order valence-electron chi connectivity index (χ4n) is 4.65. The average Bonchev–Trinajstić information content (AvgIpc) is 3.19. The maximum Gasteiger partial charge on any atom is 0.411 e. The first kappa shape index (κ1) is 20.4. The summed E-state index contributed by atoms with van der Waals surface area (Å²) in [5.74, 6) is -1.97. The third-order valence-corrected chi connectivity index (χ3v) is 5.90. The van der Waals surface area contributed by atoms with E-state index in [2.05, 4.69) is 0 Å². The molecule has 0 bridgehead atoms. The van der Waals surface area contributed by atoms with Crippen molar-refractivity contribution in [1.29, 1.82) is 0 Å². The fourth-order valence-corrected chi connectivity index (χ4v) is 4.65. The Morgan fingerprint density at radius 1 is 1.00 bits per heavy atom. The SMILES string of the molecule is CC(C)(C)OC(=O)N1[C@H](C(=O)ON2C(=O)c3ccccc3C2=O)C[C@@H]2CCCC[C@@H]21. The van der Waals surface area contributed by atoms with Crippen LogP contribution in [0, 0.1) is 5.92 Å². The summed E-state index contributed by atoms with van der Waals surface area (Å²) in [5.41, 5.74) is -0.320. The van der Waals surface area contributed by atoms with Gasteiger partial charge in [0.2, 0.25) is 0 Å². The summed E-state index contributed by atoms with van der Waals surface area (Å²) in [6.45, 7) is 5.31. The van der Waals surface area contributed by atoms with Crippen LogP contribution in [0.25, 0.3) is 0 Å². The van der Waals surface area contributed by atoms with Gasteiger partial charge in [0.05, 0.1) is 11.1 Å². The normalized spacial score (nSPS) is 25.8. The molecule has 1 saturated carbocycles. The Balaban J connectivity index is 1.55.